The maximum atomic E-state index is 12.2. The summed E-state index contributed by atoms with van der Waals surface area (Å²) in [5.41, 5.74) is 1.24. The fourth-order valence-corrected chi connectivity index (χ4v) is 2.45. The highest BCUT2D eigenvalue weighted by molar-refractivity contribution is 6.00. The van der Waals surface area contributed by atoms with Crippen LogP contribution in [0.15, 0.2) is 53.6 Å². The summed E-state index contributed by atoms with van der Waals surface area (Å²) in [4.78, 5) is 47.4. The van der Waals surface area contributed by atoms with Crippen molar-refractivity contribution in [2.75, 3.05) is 13.2 Å². The van der Waals surface area contributed by atoms with Gasteiger partial charge in [0, 0.05) is 12.0 Å². The van der Waals surface area contributed by atoms with Crippen LogP contribution in [0.1, 0.15) is 46.0 Å². The minimum absolute atomic E-state index is 0.124. The number of rotatable bonds is 10. The van der Waals surface area contributed by atoms with Crippen LogP contribution in [0.2, 0.25) is 0 Å². The fourth-order valence-electron chi connectivity index (χ4n) is 2.45. The first-order valence-corrected chi connectivity index (χ1v) is 9.43. The lowest BCUT2D eigenvalue weighted by molar-refractivity contribution is -0.145. The molecule has 9 heteroatoms. The number of carbonyl (C=O) groups excluding carboxylic acids is 4. The van der Waals surface area contributed by atoms with Gasteiger partial charge in [0.05, 0.1) is 24.8 Å². The van der Waals surface area contributed by atoms with E-state index in [1.807, 2.05) is 0 Å². The summed E-state index contributed by atoms with van der Waals surface area (Å²) in [5.74, 6) is 3.05. The maximum absolute atomic E-state index is 12.2. The van der Waals surface area contributed by atoms with Crippen LogP contribution in [0, 0.1) is 0 Å². The summed E-state index contributed by atoms with van der Waals surface area (Å²) in [6.07, 6.45) is 1.04. The maximum Gasteiger partial charge on any atom is 0.345 e. The fraction of sp³-hybridized carbons (Fsp3) is 0.227. The molecular formula is C22H22N2O7. The molecule has 31 heavy (non-hydrogen) atoms. The van der Waals surface area contributed by atoms with Crippen molar-refractivity contribution in [1.82, 2.24) is 0 Å². The zero-order valence-electron chi connectivity index (χ0n) is 16.9. The largest absolute Gasteiger partial charge is 0.482 e. The van der Waals surface area contributed by atoms with E-state index in [9.17, 15) is 19.2 Å². The molecule has 2 aromatic carbocycles. The normalized spacial score (nSPS) is 10.5. The van der Waals surface area contributed by atoms with Gasteiger partial charge in [-0.1, -0.05) is 12.1 Å². The minimum atomic E-state index is -0.809. The van der Waals surface area contributed by atoms with Gasteiger partial charge < -0.3 is 20.1 Å². The van der Waals surface area contributed by atoms with Crippen LogP contribution in [-0.2, 0) is 19.1 Å². The number of hydrazone groups is 1. The van der Waals surface area contributed by atoms with Crippen LogP contribution in [-0.4, -0.2) is 43.1 Å². The topological polar surface area (TPSA) is 134 Å². The van der Waals surface area contributed by atoms with Crippen LogP contribution >= 0.6 is 0 Å². The van der Waals surface area contributed by atoms with Crippen molar-refractivity contribution in [3.8, 4) is 5.75 Å². The Morgan fingerprint density at radius 1 is 0.903 bits per heavy atom. The van der Waals surface area contributed by atoms with Crippen molar-refractivity contribution >= 4 is 29.9 Å². The third kappa shape index (κ3) is 7.73. The molecule has 0 amide bonds. The quantitative estimate of drug-likeness (QED) is 0.153. The van der Waals surface area contributed by atoms with Gasteiger partial charge in [-0.3, -0.25) is 9.59 Å². The van der Waals surface area contributed by atoms with Crippen LogP contribution < -0.4 is 10.6 Å². The standard InChI is InChI=1S/C22H22N2O7/c1-2-29-21(27)14-30-18-9-7-16(8-10-18)19(25)11-12-20(26)31-22(28)17-5-3-15(4-6-17)13-24-23/h3-10,13H,2,11-12,14,23H2,1H3. The summed E-state index contributed by atoms with van der Waals surface area (Å²) in [7, 11) is 0. The van der Waals surface area contributed by atoms with E-state index in [0.29, 0.717) is 16.9 Å². The van der Waals surface area contributed by atoms with Crippen LogP contribution in [0.5, 0.6) is 5.75 Å². The average molecular weight is 426 g/mol. The molecule has 0 saturated heterocycles. The van der Waals surface area contributed by atoms with Gasteiger partial charge in [0.2, 0.25) is 0 Å². The van der Waals surface area contributed by atoms with E-state index in [1.54, 1.807) is 19.1 Å². The van der Waals surface area contributed by atoms with Gasteiger partial charge in [0.1, 0.15) is 5.75 Å². The molecule has 0 aliphatic rings. The molecule has 0 fully saturated rings. The second-order valence-electron chi connectivity index (χ2n) is 6.20. The Balaban J connectivity index is 1.80. The Morgan fingerprint density at radius 2 is 1.55 bits per heavy atom. The number of esters is 3. The Morgan fingerprint density at radius 3 is 2.16 bits per heavy atom. The number of benzene rings is 2. The molecule has 0 unspecified atom stereocenters. The molecule has 0 saturated carbocycles. The van der Waals surface area contributed by atoms with Crippen molar-refractivity contribution in [2.45, 2.75) is 19.8 Å². The first kappa shape index (κ1) is 23.3. The predicted molar refractivity (Wildman–Crippen MR) is 111 cm³/mol. The van der Waals surface area contributed by atoms with E-state index >= 15 is 0 Å². The number of hydrogen-bond acceptors (Lipinski definition) is 9. The number of nitrogens with zero attached hydrogens (tertiary/aromatic N) is 1. The van der Waals surface area contributed by atoms with Gasteiger partial charge in [-0.15, -0.1) is 0 Å². The number of hydrogen-bond donors (Lipinski definition) is 1. The highest BCUT2D eigenvalue weighted by Crippen LogP contribution is 2.15. The Kier molecular flexibility index (Phi) is 8.90. The van der Waals surface area contributed by atoms with Gasteiger partial charge in [-0.25, -0.2) is 9.59 Å². The number of Topliss-reactive ketones (excluding diaryl/α,β-unsaturated/α-hetero) is 1. The van der Waals surface area contributed by atoms with E-state index in [1.165, 1.54) is 42.6 Å². The van der Waals surface area contributed by atoms with Crippen LogP contribution in [0.25, 0.3) is 0 Å². The van der Waals surface area contributed by atoms with Gasteiger partial charge in [0.15, 0.2) is 12.4 Å². The Bertz CT molecular complexity index is 951. The molecule has 2 aromatic rings. The second kappa shape index (κ2) is 11.9. The molecule has 2 rings (SSSR count). The van der Waals surface area contributed by atoms with Crippen LogP contribution in [0.3, 0.4) is 0 Å². The summed E-state index contributed by atoms with van der Waals surface area (Å²) < 4.78 is 14.8. The molecule has 9 nitrogen and oxygen atoms in total. The van der Waals surface area contributed by atoms with Gasteiger partial charge in [-0.2, -0.15) is 5.10 Å². The monoisotopic (exact) mass is 426 g/mol. The Hall–Kier alpha value is -4.01. The molecule has 0 bridgehead atoms. The smallest absolute Gasteiger partial charge is 0.345 e. The van der Waals surface area contributed by atoms with E-state index < -0.39 is 17.9 Å². The third-order valence-corrected chi connectivity index (χ3v) is 3.97. The van der Waals surface area contributed by atoms with Crippen molar-refractivity contribution in [1.29, 1.82) is 0 Å². The minimum Gasteiger partial charge on any atom is -0.482 e. The van der Waals surface area contributed by atoms with E-state index in [2.05, 4.69) is 5.10 Å². The highest BCUT2D eigenvalue weighted by Gasteiger charge is 2.15. The first-order chi connectivity index (χ1) is 14.9. The Labute approximate surface area is 178 Å². The zero-order valence-corrected chi connectivity index (χ0v) is 16.9. The lowest BCUT2D eigenvalue weighted by Gasteiger charge is -2.07. The molecule has 0 aliphatic heterocycles. The number of carbonyl (C=O) groups is 4. The second-order valence-corrected chi connectivity index (χ2v) is 6.20. The lowest BCUT2D eigenvalue weighted by Crippen LogP contribution is -2.15. The van der Waals surface area contributed by atoms with Crippen molar-refractivity contribution < 1.29 is 33.4 Å². The lowest BCUT2D eigenvalue weighted by atomic mass is 10.1. The highest BCUT2D eigenvalue weighted by atomic mass is 16.6. The molecule has 0 heterocycles. The first-order valence-electron chi connectivity index (χ1n) is 9.43. The molecular weight excluding hydrogens is 404 g/mol. The zero-order chi connectivity index (χ0) is 22.6. The summed E-state index contributed by atoms with van der Waals surface area (Å²) in [6.45, 7) is 1.73. The molecule has 0 aromatic heterocycles. The third-order valence-electron chi connectivity index (χ3n) is 3.97. The van der Waals surface area contributed by atoms with Gasteiger partial charge in [0.25, 0.3) is 0 Å². The SMILES string of the molecule is CCOC(=O)COc1ccc(C(=O)CCC(=O)OC(=O)c2ccc(C=NN)cc2)cc1. The molecule has 0 aliphatic carbocycles. The molecule has 162 valence electrons. The van der Waals surface area contributed by atoms with Crippen molar-refractivity contribution in [3.63, 3.8) is 0 Å². The van der Waals surface area contributed by atoms with Crippen molar-refractivity contribution in [3.05, 3.63) is 65.2 Å². The van der Waals surface area contributed by atoms with Crippen molar-refractivity contribution in [2.24, 2.45) is 10.9 Å². The number of nitrogens with two attached hydrogens (primary N) is 1. The molecule has 0 spiro atoms. The molecule has 0 radical (unpaired) electrons. The van der Waals surface area contributed by atoms with Crippen LogP contribution in [0.4, 0.5) is 0 Å². The summed E-state index contributed by atoms with van der Waals surface area (Å²) in [5, 5.41) is 3.37. The summed E-state index contributed by atoms with van der Waals surface area (Å²) >= 11 is 0. The molecule has 2 N–H and O–H groups in total. The summed E-state index contributed by atoms with van der Waals surface area (Å²) in [6, 6.07) is 12.3. The predicted octanol–water partition coefficient (Wildman–Crippen LogP) is 2.27. The van der Waals surface area contributed by atoms with Gasteiger partial charge >= 0.3 is 17.9 Å². The molecule has 0 atom stereocenters. The average Bonchev–Trinajstić information content (AvgIpc) is 2.77. The van der Waals surface area contributed by atoms with E-state index in [-0.39, 0.29) is 37.4 Å². The number of ether oxygens (including phenoxy) is 3. The number of ketones is 1. The van der Waals surface area contributed by atoms with E-state index in [4.69, 9.17) is 20.1 Å². The van der Waals surface area contributed by atoms with Gasteiger partial charge in [-0.05, 0) is 48.9 Å². The van der Waals surface area contributed by atoms with E-state index in [0.717, 1.165) is 0 Å².